The lowest BCUT2D eigenvalue weighted by Crippen LogP contribution is -2.32. The minimum absolute atomic E-state index is 0.0178. The smallest absolute Gasteiger partial charge is 0.308 e. The van der Waals surface area contributed by atoms with E-state index < -0.39 is 17.9 Å². The molecule has 1 aliphatic rings. The molecule has 1 aromatic heterocycles. The van der Waals surface area contributed by atoms with E-state index in [4.69, 9.17) is 16.3 Å². The van der Waals surface area contributed by atoms with Crippen LogP contribution >= 0.6 is 11.6 Å². The summed E-state index contributed by atoms with van der Waals surface area (Å²) in [5.41, 5.74) is 3.02. The number of imidazole rings is 1. The van der Waals surface area contributed by atoms with Gasteiger partial charge in [0.15, 0.2) is 0 Å². The highest BCUT2D eigenvalue weighted by Crippen LogP contribution is 2.23. The molecule has 1 atom stereocenters. The minimum atomic E-state index is -0.766. The van der Waals surface area contributed by atoms with Crippen LogP contribution in [0.4, 0.5) is 0 Å². The van der Waals surface area contributed by atoms with Gasteiger partial charge in [-0.05, 0) is 61.7 Å². The maximum Gasteiger partial charge on any atom is 0.308 e. The van der Waals surface area contributed by atoms with Crippen LogP contribution in [0, 0.1) is 6.92 Å². The average molecular weight is 495 g/mol. The Morgan fingerprint density at radius 3 is 2.71 bits per heavy atom. The zero-order valence-corrected chi connectivity index (χ0v) is 20.2. The lowest BCUT2D eigenvalue weighted by Gasteiger charge is -2.18. The molecule has 8 nitrogen and oxygen atoms in total. The Bertz CT molecular complexity index is 1280. The van der Waals surface area contributed by atoms with Crippen molar-refractivity contribution in [2.75, 3.05) is 19.7 Å². The third-order valence-corrected chi connectivity index (χ3v) is 6.18. The maximum atomic E-state index is 13.1. The molecule has 35 heavy (non-hydrogen) atoms. The quantitative estimate of drug-likeness (QED) is 0.358. The Hall–Kier alpha value is -3.65. The van der Waals surface area contributed by atoms with Crippen LogP contribution in [-0.4, -0.2) is 52.3 Å². The van der Waals surface area contributed by atoms with E-state index in [9.17, 15) is 14.4 Å². The molecule has 2 N–H and O–H groups in total. The number of ether oxygens (including phenoxy) is 1. The summed E-state index contributed by atoms with van der Waals surface area (Å²) in [4.78, 5) is 47.8. The normalized spacial score (nSPS) is 14.1. The number of hydrogen-bond donors (Lipinski definition) is 2. The lowest BCUT2D eigenvalue weighted by molar-refractivity contribution is -0.143. The standard InChI is InChI=1S/C26H27ClN4O4/c1-3-12-35-23(32)15-22(24-28-20-9-7-18(27)14-21(20)29-24)30-25(33)17-6-8-19(16(2)13-17)26(34)31-10-4-5-11-31/h3,6-9,13-14,22H,1,4-5,10-12,15H2,2H3,(H,28,29)(H,30,33)/t22-/m0/s1. The van der Waals surface area contributed by atoms with Crippen LogP contribution in [0.1, 0.15) is 57.4 Å². The first-order valence-corrected chi connectivity index (χ1v) is 11.9. The minimum Gasteiger partial charge on any atom is -0.461 e. The van der Waals surface area contributed by atoms with Crippen molar-refractivity contribution in [1.82, 2.24) is 20.2 Å². The van der Waals surface area contributed by atoms with E-state index in [0.29, 0.717) is 27.5 Å². The van der Waals surface area contributed by atoms with Crippen LogP contribution in [0.15, 0.2) is 49.1 Å². The number of amides is 2. The summed E-state index contributed by atoms with van der Waals surface area (Å²) in [5, 5.41) is 3.40. The van der Waals surface area contributed by atoms with Crippen molar-refractivity contribution in [1.29, 1.82) is 0 Å². The van der Waals surface area contributed by atoms with Gasteiger partial charge in [-0.25, -0.2) is 4.98 Å². The Balaban J connectivity index is 1.56. The number of aromatic nitrogens is 2. The van der Waals surface area contributed by atoms with Crippen LogP contribution in [0.5, 0.6) is 0 Å². The number of H-pyrrole nitrogens is 1. The van der Waals surface area contributed by atoms with Gasteiger partial charge in [0.25, 0.3) is 11.8 Å². The summed E-state index contributed by atoms with van der Waals surface area (Å²) < 4.78 is 5.12. The summed E-state index contributed by atoms with van der Waals surface area (Å²) in [6, 6.07) is 9.43. The molecule has 2 amide bonds. The number of nitrogens with one attached hydrogen (secondary N) is 2. The van der Waals surface area contributed by atoms with Crippen molar-refractivity contribution in [3.63, 3.8) is 0 Å². The maximum absolute atomic E-state index is 13.1. The van der Waals surface area contributed by atoms with Crippen molar-refractivity contribution >= 4 is 40.4 Å². The number of nitrogens with zero attached hydrogens (tertiary/aromatic N) is 2. The average Bonchev–Trinajstić information content (AvgIpc) is 3.51. The third-order valence-electron chi connectivity index (χ3n) is 5.94. The number of carbonyl (C=O) groups excluding carboxylic acids is 3. The first kappa shape index (κ1) is 24.5. The van der Waals surface area contributed by atoms with Gasteiger partial charge in [-0.1, -0.05) is 24.3 Å². The third kappa shape index (κ3) is 5.71. The van der Waals surface area contributed by atoms with Gasteiger partial charge in [0.05, 0.1) is 23.5 Å². The molecule has 0 spiro atoms. The second-order valence-corrected chi connectivity index (χ2v) is 8.95. The van der Waals surface area contributed by atoms with Gasteiger partial charge < -0.3 is 19.9 Å². The monoisotopic (exact) mass is 494 g/mol. The molecule has 4 rings (SSSR count). The zero-order valence-electron chi connectivity index (χ0n) is 19.5. The molecule has 0 bridgehead atoms. The van der Waals surface area contributed by atoms with E-state index >= 15 is 0 Å². The number of carbonyl (C=O) groups is 3. The topological polar surface area (TPSA) is 104 Å². The number of fused-ring (bicyclic) bond motifs is 1. The van der Waals surface area contributed by atoms with E-state index in [1.54, 1.807) is 36.4 Å². The first-order valence-electron chi connectivity index (χ1n) is 11.5. The number of esters is 1. The first-order chi connectivity index (χ1) is 16.9. The van der Waals surface area contributed by atoms with Crippen LogP contribution in [0.25, 0.3) is 11.0 Å². The molecule has 0 saturated carbocycles. The van der Waals surface area contributed by atoms with Crippen LogP contribution < -0.4 is 5.32 Å². The van der Waals surface area contributed by atoms with Gasteiger partial charge in [-0.15, -0.1) is 0 Å². The van der Waals surface area contributed by atoms with Crippen LogP contribution in [0.2, 0.25) is 5.02 Å². The van der Waals surface area contributed by atoms with Crippen molar-refractivity contribution in [3.8, 4) is 0 Å². The lowest BCUT2D eigenvalue weighted by atomic mass is 10.0. The molecule has 0 unspecified atom stereocenters. The van der Waals surface area contributed by atoms with Crippen molar-refractivity contribution in [3.05, 3.63) is 76.6 Å². The Labute approximate surface area is 208 Å². The number of hydrogen-bond acceptors (Lipinski definition) is 5. The fraction of sp³-hybridized carbons (Fsp3) is 0.308. The Kier molecular flexibility index (Phi) is 7.51. The number of aryl methyl sites for hydroxylation is 1. The van der Waals surface area contributed by atoms with Crippen molar-refractivity contribution in [2.24, 2.45) is 0 Å². The van der Waals surface area contributed by atoms with E-state index in [1.165, 1.54) is 6.08 Å². The van der Waals surface area contributed by atoms with Crippen LogP contribution in [-0.2, 0) is 9.53 Å². The van der Waals surface area contributed by atoms with E-state index in [-0.39, 0.29) is 18.9 Å². The predicted molar refractivity (Wildman–Crippen MR) is 133 cm³/mol. The zero-order chi connectivity index (χ0) is 24.9. The van der Waals surface area contributed by atoms with Gasteiger partial charge >= 0.3 is 5.97 Å². The van der Waals surface area contributed by atoms with E-state index in [0.717, 1.165) is 37.0 Å². The fourth-order valence-corrected chi connectivity index (χ4v) is 4.30. The number of likely N-dealkylation sites (tertiary alicyclic amines) is 1. The molecule has 1 fully saturated rings. The highest BCUT2D eigenvalue weighted by molar-refractivity contribution is 6.31. The largest absolute Gasteiger partial charge is 0.461 e. The summed E-state index contributed by atoms with van der Waals surface area (Å²) in [7, 11) is 0. The fourth-order valence-electron chi connectivity index (χ4n) is 4.13. The van der Waals surface area contributed by atoms with Gasteiger partial charge in [0, 0.05) is 29.2 Å². The summed E-state index contributed by atoms with van der Waals surface area (Å²) in [6.45, 7) is 6.94. The van der Waals surface area contributed by atoms with Crippen molar-refractivity contribution < 1.29 is 19.1 Å². The molecule has 1 saturated heterocycles. The molecule has 2 aromatic carbocycles. The Morgan fingerprint density at radius 1 is 1.23 bits per heavy atom. The number of rotatable bonds is 8. The highest BCUT2D eigenvalue weighted by Gasteiger charge is 2.25. The van der Waals surface area contributed by atoms with E-state index in [1.807, 2.05) is 11.8 Å². The van der Waals surface area contributed by atoms with Gasteiger partial charge in [0.2, 0.25) is 0 Å². The highest BCUT2D eigenvalue weighted by atomic mass is 35.5. The second-order valence-electron chi connectivity index (χ2n) is 8.51. The van der Waals surface area contributed by atoms with Gasteiger partial charge in [0.1, 0.15) is 12.4 Å². The van der Waals surface area contributed by atoms with Gasteiger partial charge in [-0.2, -0.15) is 0 Å². The summed E-state index contributed by atoms with van der Waals surface area (Å²) in [5.74, 6) is -0.510. The number of halogens is 1. The van der Waals surface area contributed by atoms with E-state index in [2.05, 4.69) is 21.9 Å². The summed E-state index contributed by atoms with van der Waals surface area (Å²) >= 11 is 6.07. The summed E-state index contributed by atoms with van der Waals surface area (Å²) in [6.07, 6.45) is 3.37. The molecular weight excluding hydrogens is 468 g/mol. The molecule has 0 radical (unpaired) electrons. The van der Waals surface area contributed by atoms with Crippen molar-refractivity contribution in [2.45, 2.75) is 32.2 Å². The molecule has 2 heterocycles. The number of aromatic amines is 1. The predicted octanol–water partition coefficient (Wildman–Crippen LogP) is 4.35. The Morgan fingerprint density at radius 2 is 2.00 bits per heavy atom. The molecule has 0 aliphatic carbocycles. The van der Waals surface area contributed by atoms with Crippen LogP contribution in [0.3, 0.4) is 0 Å². The number of benzene rings is 2. The SMILES string of the molecule is C=CCOC(=O)C[C@H](NC(=O)c1ccc(C(=O)N2CCCC2)c(C)c1)c1nc2cc(Cl)ccc2[nH]1. The molecule has 9 heteroatoms. The molecule has 1 aliphatic heterocycles. The second kappa shape index (κ2) is 10.7. The van der Waals surface area contributed by atoms with Gasteiger partial charge in [-0.3, -0.25) is 14.4 Å². The molecule has 3 aromatic rings. The molecular formula is C26H27ClN4O4. The molecule has 182 valence electrons.